The van der Waals surface area contributed by atoms with Crippen LogP contribution in [-0.4, -0.2) is 14.5 Å². The van der Waals surface area contributed by atoms with Crippen molar-refractivity contribution in [2.75, 3.05) is 0 Å². The normalized spacial score (nSPS) is 11.9. The van der Waals surface area contributed by atoms with Gasteiger partial charge in [0.25, 0.3) is 0 Å². The molecule has 0 bridgehead atoms. The predicted octanol–water partition coefficient (Wildman–Crippen LogP) is 7.74. The molecule has 0 fully saturated rings. The van der Waals surface area contributed by atoms with Gasteiger partial charge in [-0.15, -0.1) is 0 Å². The largest absolute Gasteiger partial charge is 0.439 e. The van der Waals surface area contributed by atoms with E-state index in [0.717, 1.165) is 61.3 Å². The summed E-state index contributed by atoms with van der Waals surface area (Å²) in [7, 11) is 0. The van der Waals surface area contributed by atoms with Crippen LogP contribution >= 0.6 is 0 Å². The summed E-state index contributed by atoms with van der Waals surface area (Å²) in [6.45, 7) is 7.84. The molecule has 2 aromatic carbocycles. The highest BCUT2D eigenvalue weighted by Crippen LogP contribution is 2.38. The summed E-state index contributed by atoms with van der Waals surface area (Å²) >= 11 is 0. The van der Waals surface area contributed by atoms with Gasteiger partial charge in [0.15, 0.2) is 0 Å². The van der Waals surface area contributed by atoms with E-state index in [1.165, 1.54) is 0 Å². The number of nitrogens with zero attached hydrogens (tertiary/aromatic N) is 3. The van der Waals surface area contributed by atoms with E-state index in [1.807, 2.05) is 60.8 Å². The Morgan fingerprint density at radius 1 is 0.882 bits per heavy atom. The first-order chi connectivity index (χ1) is 16.8. The molecule has 0 aliphatic rings. The molecule has 0 aliphatic heterocycles. The first-order valence-electron chi connectivity index (χ1n) is 11.1. The average Bonchev–Trinajstić information content (AvgIpc) is 3.42. The van der Waals surface area contributed by atoms with E-state index in [0.29, 0.717) is 0 Å². The molecule has 0 atom stereocenters. The Balaban J connectivity index is 1.73. The van der Waals surface area contributed by atoms with Gasteiger partial charge in [0.1, 0.15) is 11.2 Å². The second kappa shape index (κ2) is 8.01. The molecule has 0 spiro atoms. The molecule has 34 heavy (non-hydrogen) atoms. The lowest BCUT2D eigenvalue weighted by Crippen LogP contribution is -2.00. The number of benzene rings is 2. The third-order valence-corrected chi connectivity index (χ3v) is 6.00. The fourth-order valence-electron chi connectivity index (χ4n) is 4.49. The maximum absolute atomic E-state index is 6.39. The van der Waals surface area contributed by atoms with Gasteiger partial charge in [-0.2, -0.15) is 0 Å². The molecule has 0 saturated heterocycles. The van der Waals surface area contributed by atoms with Crippen molar-refractivity contribution in [3.8, 4) is 16.9 Å². The lowest BCUT2D eigenvalue weighted by atomic mass is 10.1. The molecule has 4 aromatic heterocycles. The number of rotatable bonds is 5. The molecule has 0 amide bonds. The molecule has 0 radical (unpaired) electrons. The van der Waals surface area contributed by atoms with Crippen LogP contribution in [0.4, 0.5) is 0 Å². The number of para-hydroxylation sites is 1. The Bertz CT molecular complexity index is 1740. The number of pyridine rings is 2. The Kier molecular flexibility index (Phi) is 4.70. The van der Waals surface area contributed by atoms with E-state index in [2.05, 4.69) is 48.1 Å². The lowest BCUT2D eigenvalue weighted by molar-refractivity contribution is 0.644. The van der Waals surface area contributed by atoms with Gasteiger partial charge in [0, 0.05) is 22.5 Å². The number of furan rings is 1. The Hall–Kier alpha value is -4.70. The SMILES string of the molecule is C=C/C=C(\C=C)c1cc(-n2c3ncccc3c3c4ccccc4oc32)cc(-c2ccccc2)n1. The van der Waals surface area contributed by atoms with Crippen molar-refractivity contribution in [1.29, 1.82) is 0 Å². The second-order valence-corrected chi connectivity index (χ2v) is 8.01. The molecule has 4 heterocycles. The van der Waals surface area contributed by atoms with Crippen LogP contribution in [0.5, 0.6) is 0 Å². The van der Waals surface area contributed by atoms with Gasteiger partial charge >= 0.3 is 0 Å². The number of fused-ring (bicyclic) bond motifs is 5. The summed E-state index contributed by atoms with van der Waals surface area (Å²) in [5.74, 6) is 0. The molecular formula is C30H21N3O. The molecule has 0 unspecified atom stereocenters. The van der Waals surface area contributed by atoms with Gasteiger partial charge in [-0.05, 0) is 35.9 Å². The topological polar surface area (TPSA) is 43.9 Å². The summed E-state index contributed by atoms with van der Waals surface area (Å²) in [4.78, 5) is 9.69. The van der Waals surface area contributed by atoms with Crippen LogP contribution in [0.15, 0.2) is 121 Å². The van der Waals surface area contributed by atoms with Crippen molar-refractivity contribution < 1.29 is 4.42 Å². The summed E-state index contributed by atoms with van der Waals surface area (Å²) in [6, 6.07) is 26.4. The molecule has 0 N–H and O–H groups in total. The van der Waals surface area contributed by atoms with Crippen molar-refractivity contribution in [1.82, 2.24) is 14.5 Å². The van der Waals surface area contributed by atoms with Gasteiger partial charge < -0.3 is 4.42 Å². The number of allylic oxidation sites excluding steroid dienone is 4. The standard InChI is InChI=1S/C30H21N3O/c1-3-11-20(4-2)25-18-22(19-26(32-25)21-12-6-5-7-13-21)33-29-24(15-10-17-31-29)28-23-14-8-9-16-27(23)34-30(28)33/h3-19H,1-2H2/b20-11+. The Morgan fingerprint density at radius 2 is 1.68 bits per heavy atom. The first-order valence-corrected chi connectivity index (χ1v) is 11.1. The zero-order chi connectivity index (χ0) is 23.1. The molecule has 0 saturated carbocycles. The number of hydrogen-bond acceptors (Lipinski definition) is 3. The highest BCUT2D eigenvalue weighted by atomic mass is 16.3. The Morgan fingerprint density at radius 3 is 2.50 bits per heavy atom. The predicted molar refractivity (Wildman–Crippen MR) is 140 cm³/mol. The third-order valence-electron chi connectivity index (χ3n) is 6.00. The molecule has 4 heteroatoms. The third kappa shape index (κ3) is 3.08. The fraction of sp³-hybridized carbons (Fsp3) is 0. The van der Waals surface area contributed by atoms with Crippen LogP contribution in [0.1, 0.15) is 5.69 Å². The lowest BCUT2D eigenvalue weighted by Gasteiger charge is -2.12. The average molecular weight is 440 g/mol. The van der Waals surface area contributed by atoms with Crippen LogP contribution < -0.4 is 0 Å². The fourth-order valence-corrected chi connectivity index (χ4v) is 4.49. The summed E-state index contributed by atoms with van der Waals surface area (Å²) in [6.07, 6.45) is 7.27. The van der Waals surface area contributed by atoms with Crippen molar-refractivity contribution in [2.45, 2.75) is 0 Å². The molecule has 6 rings (SSSR count). The molecular weight excluding hydrogens is 418 g/mol. The van der Waals surface area contributed by atoms with Crippen LogP contribution in [-0.2, 0) is 0 Å². The van der Waals surface area contributed by atoms with Gasteiger partial charge in [-0.3, -0.25) is 4.57 Å². The molecule has 0 aliphatic carbocycles. The quantitative estimate of drug-likeness (QED) is 0.258. The zero-order valence-corrected chi connectivity index (χ0v) is 18.5. The maximum Gasteiger partial charge on any atom is 0.215 e. The van der Waals surface area contributed by atoms with Crippen LogP contribution in [0.25, 0.3) is 55.6 Å². The van der Waals surface area contributed by atoms with Gasteiger partial charge in [0.05, 0.1) is 22.5 Å². The maximum atomic E-state index is 6.39. The van der Waals surface area contributed by atoms with Crippen molar-refractivity contribution in [3.63, 3.8) is 0 Å². The van der Waals surface area contributed by atoms with Crippen molar-refractivity contribution in [2.24, 2.45) is 0 Å². The van der Waals surface area contributed by atoms with E-state index in [4.69, 9.17) is 14.4 Å². The minimum absolute atomic E-state index is 0.763. The summed E-state index contributed by atoms with van der Waals surface area (Å²) < 4.78 is 8.47. The minimum Gasteiger partial charge on any atom is -0.439 e. The number of hydrogen-bond donors (Lipinski definition) is 0. The van der Waals surface area contributed by atoms with Gasteiger partial charge in [0.2, 0.25) is 5.71 Å². The van der Waals surface area contributed by atoms with Crippen molar-refractivity contribution in [3.05, 3.63) is 122 Å². The van der Waals surface area contributed by atoms with E-state index < -0.39 is 0 Å². The Labute approximate surface area is 196 Å². The van der Waals surface area contributed by atoms with Gasteiger partial charge in [-0.1, -0.05) is 79.9 Å². The zero-order valence-electron chi connectivity index (χ0n) is 18.5. The van der Waals surface area contributed by atoms with E-state index in [1.54, 1.807) is 12.2 Å². The van der Waals surface area contributed by atoms with Crippen LogP contribution in [0, 0.1) is 0 Å². The van der Waals surface area contributed by atoms with E-state index >= 15 is 0 Å². The van der Waals surface area contributed by atoms with E-state index in [9.17, 15) is 0 Å². The van der Waals surface area contributed by atoms with Crippen molar-refractivity contribution >= 4 is 38.7 Å². The summed E-state index contributed by atoms with van der Waals surface area (Å²) in [5.41, 5.74) is 6.93. The van der Waals surface area contributed by atoms with Crippen LogP contribution in [0.2, 0.25) is 0 Å². The highest BCUT2D eigenvalue weighted by Gasteiger charge is 2.21. The van der Waals surface area contributed by atoms with Crippen LogP contribution in [0.3, 0.4) is 0 Å². The molecule has 162 valence electrons. The smallest absolute Gasteiger partial charge is 0.215 e. The van der Waals surface area contributed by atoms with E-state index in [-0.39, 0.29) is 0 Å². The van der Waals surface area contributed by atoms with Gasteiger partial charge in [-0.25, -0.2) is 9.97 Å². The highest BCUT2D eigenvalue weighted by molar-refractivity contribution is 6.19. The minimum atomic E-state index is 0.763. The molecule has 6 aromatic rings. The second-order valence-electron chi connectivity index (χ2n) is 8.01. The number of aromatic nitrogens is 3. The molecule has 4 nitrogen and oxygen atoms in total. The monoisotopic (exact) mass is 439 g/mol. The first kappa shape index (κ1) is 19.9. The summed E-state index contributed by atoms with van der Waals surface area (Å²) in [5, 5.41) is 3.18.